The summed E-state index contributed by atoms with van der Waals surface area (Å²) in [6.07, 6.45) is 1.50. The Morgan fingerprint density at radius 1 is 1.28 bits per heavy atom. The molecule has 18 heavy (non-hydrogen) atoms. The van der Waals surface area contributed by atoms with Crippen molar-refractivity contribution in [2.24, 2.45) is 4.74 Å². The zero-order valence-corrected chi connectivity index (χ0v) is 10.4. The third kappa shape index (κ3) is 2.21. The molecule has 0 saturated carbocycles. The van der Waals surface area contributed by atoms with E-state index >= 15 is 0 Å². The molecule has 6 heteroatoms. The minimum atomic E-state index is -0.389. The van der Waals surface area contributed by atoms with Crippen LogP contribution in [-0.2, 0) is 0 Å². The number of nitrogens with zero attached hydrogens (tertiary/aromatic N) is 2. The van der Waals surface area contributed by atoms with Crippen molar-refractivity contribution in [2.75, 3.05) is 11.5 Å². The normalized spacial score (nSPS) is 10.0. The quantitative estimate of drug-likeness (QED) is 0.808. The van der Waals surface area contributed by atoms with Crippen LogP contribution in [0.25, 0.3) is 11.3 Å². The van der Waals surface area contributed by atoms with E-state index in [4.69, 9.17) is 11.5 Å². The van der Waals surface area contributed by atoms with Gasteiger partial charge in [-0.05, 0) is 21.2 Å². The summed E-state index contributed by atoms with van der Waals surface area (Å²) < 4.78 is 3.47. The highest BCUT2D eigenvalue weighted by Gasteiger charge is 2.14. The Hall–Kier alpha value is -2.26. The van der Waals surface area contributed by atoms with Crippen LogP contribution in [0.15, 0.2) is 41.3 Å². The van der Waals surface area contributed by atoms with Gasteiger partial charge >= 0.3 is 0 Å². The van der Waals surface area contributed by atoms with E-state index in [0.29, 0.717) is 28.2 Å². The number of carbonyl (C=O) groups excluding carboxylic acids is 1. The van der Waals surface area contributed by atoms with Crippen molar-refractivity contribution in [3.63, 3.8) is 0 Å². The maximum Gasteiger partial charge on any atom is 0.281 e. The van der Waals surface area contributed by atoms with Gasteiger partial charge in [0.25, 0.3) is 5.91 Å². The van der Waals surface area contributed by atoms with E-state index in [-0.39, 0.29) is 5.91 Å². The molecule has 0 spiro atoms. The molecule has 4 N–H and O–H groups in total. The summed E-state index contributed by atoms with van der Waals surface area (Å²) >= 11 is 0. The molecule has 90 valence electrons. The second kappa shape index (κ2) is 4.94. The van der Waals surface area contributed by atoms with Crippen LogP contribution in [0.1, 0.15) is 10.4 Å². The molecular weight excluding hydrogens is 247 g/mol. The molecule has 1 heterocycles. The number of hydrogen-bond acceptors (Lipinski definition) is 4. The Morgan fingerprint density at radius 2 is 2.00 bits per heavy atom. The molecular formula is C12H11N4OP. The van der Waals surface area contributed by atoms with Crippen LogP contribution in [0.4, 0.5) is 11.4 Å². The summed E-state index contributed by atoms with van der Waals surface area (Å²) in [4.78, 5) is 15.8. The molecule has 0 aliphatic carbocycles. The molecule has 0 bridgehead atoms. The molecule has 0 radical (unpaired) electrons. The molecule has 0 unspecified atom stereocenters. The van der Waals surface area contributed by atoms with Crippen LogP contribution in [0.2, 0.25) is 0 Å². The van der Waals surface area contributed by atoms with Crippen molar-refractivity contribution < 1.29 is 4.79 Å². The predicted octanol–water partition coefficient (Wildman–Crippen LogP) is 2.38. The van der Waals surface area contributed by atoms with Gasteiger partial charge in [-0.2, -0.15) is 4.74 Å². The van der Waals surface area contributed by atoms with Gasteiger partial charge in [-0.25, -0.2) is 0 Å². The highest BCUT2D eigenvalue weighted by atomic mass is 31.0. The number of hydrogen-bond donors (Lipinski definition) is 2. The Balaban J connectivity index is 2.64. The van der Waals surface area contributed by atoms with Gasteiger partial charge in [0.05, 0.1) is 28.8 Å². The third-order valence-corrected chi connectivity index (χ3v) is 2.66. The van der Waals surface area contributed by atoms with Crippen LogP contribution in [-0.4, -0.2) is 10.9 Å². The fraction of sp³-hybridized carbons (Fsp3) is 0. The Kier molecular flexibility index (Phi) is 3.35. The van der Waals surface area contributed by atoms with Gasteiger partial charge < -0.3 is 11.5 Å². The highest BCUT2D eigenvalue weighted by Crippen LogP contribution is 2.28. The van der Waals surface area contributed by atoms with Crippen LogP contribution in [0.3, 0.4) is 0 Å². The van der Waals surface area contributed by atoms with Crippen LogP contribution >= 0.6 is 9.03 Å². The van der Waals surface area contributed by atoms with Gasteiger partial charge in [-0.15, -0.1) is 0 Å². The molecule has 0 saturated heterocycles. The Labute approximate surface area is 106 Å². The molecule has 0 atom stereocenters. The van der Waals surface area contributed by atoms with Gasteiger partial charge in [0, 0.05) is 5.56 Å². The summed E-state index contributed by atoms with van der Waals surface area (Å²) in [6, 6.07) is 8.59. The van der Waals surface area contributed by atoms with Gasteiger partial charge in [-0.3, -0.25) is 9.78 Å². The number of benzene rings is 1. The third-order valence-electron chi connectivity index (χ3n) is 2.45. The van der Waals surface area contributed by atoms with Gasteiger partial charge in [0.1, 0.15) is 0 Å². The monoisotopic (exact) mass is 258 g/mol. The number of aromatic nitrogens is 1. The molecule has 0 fully saturated rings. The number of pyridine rings is 1. The summed E-state index contributed by atoms with van der Waals surface area (Å²) in [6.45, 7) is 0. The van der Waals surface area contributed by atoms with E-state index in [1.165, 1.54) is 6.20 Å². The fourth-order valence-corrected chi connectivity index (χ4v) is 1.78. The van der Waals surface area contributed by atoms with E-state index in [1.54, 1.807) is 30.3 Å². The van der Waals surface area contributed by atoms with Crippen molar-refractivity contribution >= 4 is 26.3 Å². The fourth-order valence-electron chi connectivity index (χ4n) is 1.66. The largest absolute Gasteiger partial charge is 0.397 e. The maximum atomic E-state index is 11.7. The van der Waals surface area contributed by atoms with Gasteiger partial charge in [-0.1, -0.05) is 18.2 Å². The van der Waals surface area contributed by atoms with Crippen LogP contribution < -0.4 is 11.5 Å². The topological polar surface area (TPSA) is 94.4 Å². The minimum absolute atomic E-state index is 0.389. The summed E-state index contributed by atoms with van der Waals surface area (Å²) in [5.74, 6) is -0.389. The smallest absolute Gasteiger partial charge is 0.281 e. The van der Waals surface area contributed by atoms with E-state index in [9.17, 15) is 4.79 Å². The van der Waals surface area contributed by atoms with Crippen molar-refractivity contribution in [1.82, 2.24) is 4.98 Å². The van der Waals surface area contributed by atoms with Gasteiger partial charge in [0.2, 0.25) is 0 Å². The van der Waals surface area contributed by atoms with Crippen molar-refractivity contribution in [3.05, 3.63) is 42.1 Å². The SMILES string of the molecule is Nc1cnc(-c2ccccc2C(=O)N=P)c(N)c1. The zero-order chi connectivity index (χ0) is 13.1. The highest BCUT2D eigenvalue weighted by molar-refractivity contribution is 7.05. The number of rotatable bonds is 2. The summed E-state index contributed by atoms with van der Waals surface area (Å²) in [5, 5.41) is 0. The number of amides is 1. The van der Waals surface area contributed by atoms with E-state index in [1.807, 2.05) is 0 Å². The van der Waals surface area contributed by atoms with E-state index < -0.39 is 0 Å². The minimum Gasteiger partial charge on any atom is -0.397 e. The number of nitrogen functional groups attached to an aromatic ring is 2. The van der Waals surface area contributed by atoms with Crippen LogP contribution in [0.5, 0.6) is 0 Å². The lowest BCUT2D eigenvalue weighted by Crippen LogP contribution is -2.01. The molecule has 1 aromatic heterocycles. The summed E-state index contributed by atoms with van der Waals surface area (Å²) in [7, 11) is 2.84. The second-order valence-corrected chi connectivity index (χ2v) is 3.89. The first kappa shape index (κ1) is 12.2. The first-order chi connectivity index (χ1) is 8.63. The number of nitrogens with two attached hydrogens (primary N) is 2. The van der Waals surface area contributed by atoms with E-state index in [2.05, 4.69) is 18.8 Å². The second-order valence-electron chi connectivity index (χ2n) is 3.67. The average Bonchev–Trinajstić information content (AvgIpc) is 2.38. The zero-order valence-electron chi connectivity index (χ0n) is 9.42. The molecule has 2 aromatic rings. The lowest BCUT2D eigenvalue weighted by Gasteiger charge is -2.08. The van der Waals surface area contributed by atoms with Gasteiger partial charge in [0.15, 0.2) is 0 Å². The predicted molar refractivity (Wildman–Crippen MR) is 73.6 cm³/mol. The average molecular weight is 258 g/mol. The molecule has 0 aliphatic heterocycles. The van der Waals surface area contributed by atoms with Crippen molar-refractivity contribution in [3.8, 4) is 11.3 Å². The van der Waals surface area contributed by atoms with Crippen LogP contribution in [0, 0.1) is 0 Å². The maximum absolute atomic E-state index is 11.7. The van der Waals surface area contributed by atoms with E-state index in [0.717, 1.165) is 0 Å². The lowest BCUT2D eigenvalue weighted by atomic mass is 10.0. The molecule has 1 amide bonds. The standard InChI is InChI=1S/C12H11N4OP/c13-7-5-10(14)11(15-6-7)8-3-1-2-4-9(8)12(17)16-18/h1-6,18H,13-14H2. The van der Waals surface area contributed by atoms with Crippen molar-refractivity contribution in [1.29, 1.82) is 0 Å². The molecule has 2 rings (SSSR count). The molecule has 0 aliphatic rings. The Bertz CT molecular complexity index is 627. The Morgan fingerprint density at radius 3 is 2.67 bits per heavy atom. The molecule has 1 aromatic carbocycles. The first-order valence-electron chi connectivity index (χ1n) is 5.15. The number of carbonyl (C=O) groups is 1. The van der Waals surface area contributed by atoms with Crippen molar-refractivity contribution in [2.45, 2.75) is 0 Å². The lowest BCUT2D eigenvalue weighted by molar-refractivity contribution is 0.101. The summed E-state index contributed by atoms with van der Waals surface area (Å²) in [5.41, 5.74) is 13.9. The first-order valence-corrected chi connectivity index (χ1v) is 5.60. The molecule has 5 nitrogen and oxygen atoms in total. The number of anilines is 2.